The Labute approximate surface area is 121 Å². The number of benzene rings is 1. The Morgan fingerprint density at radius 1 is 1.30 bits per heavy atom. The van der Waals surface area contributed by atoms with E-state index in [0.29, 0.717) is 11.6 Å². The summed E-state index contributed by atoms with van der Waals surface area (Å²) in [6.45, 7) is 0. The quantitative estimate of drug-likeness (QED) is 0.659. The number of aromatic amines is 2. The van der Waals surface area contributed by atoms with Gasteiger partial charge in [-0.15, -0.1) is 0 Å². The van der Waals surface area contributed by atoms with E-state index in [-0.39, 0.29) is 22.7 Å². The van der Waals surface area contributed by atoms with Crippen LogP contribution in [0.15, 0.2) is 27.5 Å². The van der Waals surface area contributed by atoms with Crippen LogP contribution in [0.1, 0.15) is 0 Å². The molecule has 7 nitrogen and oxygen atoms in total. The molecule has 0 radical (unpaired) electrons. The number of H-pyrrole nitrogens is 2. The maximum absolute atomic E-state index is 11.8. The van der Waals surface area contributed by atoms with Gasteiger partial charge in [0.05, 0.1) is 7.11 Å². The monoisotopic (exact) mass is 335 g/mol. The Morgan fingerprint density at radius 2 is 2.10 bits per heavy atom. The minimum atomic E-state index is -0.356. The maximum atomic E-state index is 11.8. The summed E-state index contributed by atoms with van der Waals surface area (Å²) in [5.41, 5.74) is 6.46. The number of hydrogen-bond donors (Lipinski definition) is 3. The van der Waals surface area contributed by atoms with Gasteiger partial charge in [0.25, 0.3) is 5.56 Å². The van der Waals surface area contributed by atoms with Gasteiger partial charge in [-0.2, -0.15) is 4.98 Å². The number of methoxy groups -OCH3 is 1. The highest BCUT2D eigenvalue weighted by Crippen LogP contribution is 2.30. The topological polar surface area (TPSA) is 110 Å². The Kier molecular flexibility index (Phi) is 2.94. The van der Waals surface area contributed by atoms with Gasteiger partial charge in [0, 0.05) is 10.0 Å². The lowest BCUT2D eigenvalue weighted by Crippen LogP contribution is -2.10. The van der Waals surface area contributed by atoms with Crippen LogP contribution in [0, 0.1) is 0 Å². The first-order chi connectivity index (χ1) is 9.58. The Balaban J connectivity index is 2.25. The van der Waals surface area contributed by atoms with Crippen LogP contribution in [0.2, 0.25) is 0 Å². The first kappa shape index (κ1) is 12.7. The van der Waals surface area contributed by atoms with E-state index in [1.165, 1.54) is 0 Å². The molecule has 20 heavy (non-hydrogen) atoms. The summed E-state index contributed by atoms with van der Waals surface area (Å²) in [6, 6.07) is 5.46. The van der Waals surface area contributed by atoms with Gasteiger partial charge in [-0.3, -0.25) is 9.78 Å². The number of hydrogen-bond acceptors (Lipinski definition) is 5. The van der Waals surface area contributed by atoms with Crippen molar-refractivity contribution in [1.29, 1.82) is 0 Å². The Hall–Kier alpha value is -2.35. The fourth-order valence-corrected chi connectivity index (χ4v) is 2.30. The van der Waals surface area contributed by atoms with Gasteiger partial charge in [-0.1, -0.05) is 15.9 Å². The molecule has 0 spiro atoms. The van der Waals surface area contributed by atoms with Crippen LogP contribution >= 0.6 is 15.9 Å². The number of fused-ring (bicyclic) bond motifs is 1. The van der Waals surface area contributed by atoms with Crippen molar-refractivity contribution in [3.8, 4) is 17.1 Å². The number of halogens is 1. The molecule has 0 saturated heterocycles. The summed E-state index contributed by atoms with van der Waals surface area (Å²) < 4.78 is 6.00. The van der Waals surface area contributed by atoms with Crippen LogP contribution in [-0.4, -0.2) is 27.0 Å². The number of nitrogens with one attached hydrogen (secondary N) is 2. The normalized spacial score (nSPS) is 10.9. The second kappa shape index (κ2) is 4.64. The van der Waals surface area contributed by atoms with E-state index in [9.17, 15) is 4.79 Å². The number of nitrogens with two attached hydrogens (primary N) is 1. The molecule has 2 heterocycles. The highest BCUT2D eigenvalue weighted by atomic mass is 79.9. The minimum Gasteiger partial charge on any atom is -0.497 e. The van der Waals surface area contributed by atoms with Crippen molar-refractivity contribution in [2.75, 3.05) is 12.8 Å². The van der Waals surface area contributed by atoms with E-state index in [2.05, 4.69) is 35.9 Å². The van der Waals surface area contributed by atoms with Crippen LogP contribution in [0.5, 0.6) is 5.75 Å². The maximum Gasteiger partial charge on any atom is 0.278 e. The van der Waals surface area contributed by atoms with Crippen LogP contribution in [-0.2, 0) is 0 Å². The number of anilines is 1. The number of nitrogen functional groups attached to an aromatic ring is 1. The molecule has 0 amide bonds. The van der Waals surface area contributed by atoms with E-state index < -0.39 is 0 Å². The molecule has 4 N–H and O–H groups in total. The lowest BCUT2D eigenvalue weighted by molar-refractivity contribution is 0.415. The zero-order valence-electron chi connectivity index (χ0n) is 10.4. The zero-order valence-corrected chi connectivity index (χ0v) is 12.0. The Bertz CT molecular complexity index is 855. The van der Waals surface area contributed by atoms with Crippen molar-refractivity contribution in [1.82, 2.24) is 19.9 Å². The van der Waals surface area contributed by atoms with E-state index in [4.69, 9.17) is 10.5 Å². The molecule has 0 aliphatic carbocycles. The van der Waals surface area contributed by atoms with Gasteiger partial charge >= 0.3 is 0 Å². The molecule has 8 heteroatoms. The third-order valence-corrected chi connectivity index (χ3v) is 3.50. The van der Waals surface area contributed by atoms with Gasteiger partial charge in [0.2, 0.25) is 5.95 Å². The van der Waals surface area contributed by atoms with Crippen LogP contribution in [0.4, 0.5) is 5.95 Å². The van der Waals surface area contributed by atoms with Crippen molar-refractivity contribution in [3.63, 3.8) is 0 Å². The molecule has 0 fully saturated rings. The van der Waals surface area contributed by atoms with Crippen LogP contribution in [0.25, 0.3) is 22.6 Å². The molecule has 0 unspecified atom stereocenters. The summed E-state index contributed by atoms with van der Waals surface area (Å²) in [7, 11) is 1.58. The lowest BCUT2D eigenvalue weighted by atomic mass is 10.2. The zero-order chi connectivity index (χ0) is 14.3. The fraction of sp³-hybridized carbons (Fsp3) is 0.0833. The molecular weight excluding hydrogens is 326 g/mol. The molecule has 0 aliphatic heterocycles. The molecule has 0 atom stereocenters. The summed E-state index contributed by atoms with van der Waals surface area (Å²) in [5.74, 6) is 1.23. The predicted molar refractivity (Wildman–Crippen MR) is 78.6 cm³/mol. The third kappa shape index (κ3) is 2.03. The van der Waals surface area contributed by atoms with E-state index in [1.807, 2.05) is 12.1 Å². The molecule has 102 valence electrons. The average molecular weight is 336 g/mol. The Morgan fingerprint density at radius 3 is 2.85 bits per heavy atom. The molecule has 0 aliphatic rings. The molecule has 1 aromatic carbocycles. The van der Waals surface area contributed by atoms with Gasteiger partial charge in [0.1, 0.15) is 11.6 Å². The first-order valence-electron chi connectivity index (χ1n) is 5.68. The molecule has 3 aromatic rings. The second-order valence-electron chi connectivity index (χ2n) is 4.08. The number of nitrogens with zero attached hydrogens (tertiary/aromatic N) is 2. The average Bonchev–Trinajstić information content (AvgIpc) is 2.83. The molecule has 3 rings (SSSR count). The second-order valence-corrected chi connectivity index (χ2v) is 4.94. The smallest absolute Gasteiger partial charge is 0.278 e. The van der Waals surface area contributed by atoms with E-state index in [0.717, 1.165) is 10.0 Å². The SMILES string of the molecule is COc1ccc(Br)c(-c2nc3nc(N)[nH]c(=O)c3[nH]2)c1. The molecule has 0 bridgehead atoms. The van der Waals surface area contributed by atoms with Crippen molar-refractivity contribution in [2.24, 2.45) is 0 Å². The van der Waals surface area contributed by atoms with Crippen molar-refractivity contribution < 1.29 is 4.74 Å². The largest absolute Gasteiger partial charge is 0.497 e. The highest BCUT2D eigenvalue weighted by molar-refractivity contribution is 9.10. The first-order valence-corrected chi connectivity index (χ1v) is 6.47. The minimum absolute atomic E-state index is 0.0326. The summed E-state index contributed by atoms with van der Waals surface area (Å²) in [4.78, 5) is 25.4. The van der Waals surface area contributed by atoms with Gasteiger partial charge in [-0.05, 0) is 18.2 Å². The number of rotatable bonds is 2. The third-order valence-electron chi connectivity index (χ3n) is 2.81. The number of ether oxygens (including phenoxy) is 1. The van der Waals surface area contributed by atoms with Crippen LogP contribution < -0.4 is 16.0 Å². The van der Waals surface area contributed by atoms with Gasteiger partial charge in [0.15, 0.2) is 11.2 Å². The van der Waals surface area contributed by atoms with Gasteiger partial charge < -0.3 is 15.5 Å². The van der Waals surface area contributed by atoms with Crippen molar-refractivity contribution in [3.05, 3.63) is 33.0 Å². The van der Waals surface area contributed by atoms with Crippen LogP contribution in [0.3, 0.4) is 0 Å². The lowest BCUT2D eigenvalue weighted by Gasteiger charge is -2.04. The summed E-state index contributed by atoms with van der Waals surface area (Å²) in [5, 5.41) is 0. The van der Waals surface area contributed by atoms with E-state index in [1.54, 1.807) is 13.2 Å². The number of imidazole rings is 1. The van der Waals surface area contributed by atoms with Crippen molar-refractivity contribution >= 4 is 33.0 Å². The summed E-state index contributed by atoms with van der Waals surface area (Å²) >= 11 is 3.44. The van der Waals surface area contributed by atoms with Gasteiger partial charge in [-0.25, -0.2) is 4.98 Å². The molecule has 0 saturated carbocycles. The summed E-state index contributed by atoms with van der Waals surface area (Å²) in [6.07, 6.45) is 0. The van der Waals surface area contributed by atoms with E-state index >= 15 is 0 Å². The standard InChI is InChI=1S/C12H10BrN5O2/c1-20-5-2-3-7(13)6(4-5)9-15-8-10(16-9)17-12(14)18-11(8)19/h2-4H,1H3,(H4,14,15,16,17,18,19). The predicted octanol–water partition coefficient (Wildman–Crippen LogP) is 1.67. The highest BCUT2D eigenvalue weighted by Gasteiger charge is 2.13. The number of aromatic nitrogens is 4. The fourth-order valence-electron chi connectivity index (χ4n) is 1.86. The molecule has 2 aromatic heterocycles. The van der Waals surface area contributed by atoms with Crippen molar-refractivity contribution in [2.45, 2.75) is 0 Å². The molecular formula is C12H10BrN5O2.